The highest BCUT2D eigenvalue weighted by Gasteiger charge is 2.33. The van der Waals surface area contributed by atoms with Crippen LogP contribution >= 0.6 is 0 Å². The van der Waals surface area contributed by atoms with Gasteiger partial charge in [-0.1, -0.05) is 12.8 Å². The summed E-state index contributed by atoms with van der Waals surface area (Å²) in [5, 5.41) is 25.5. The van der Waals surface area contributed by atoms with Gasteiger partial charge >= 0.3 is 5.97 Å². The van der Waals surface area contributed by atoms with E-state index in [1.807, 2.05) is 12.1 Å². The van der Waals surface area contributed by atoms with Crippen LogP contribution in [0.25, 0.3) is 11.0 Å². The van der Waals surface area contributed by atoms with Crippen LogP contribution in [0.1, 0.15) is 72.0 Å². The average molecular weight is 482 g/mol. The van der Waals surface area contributed by atoms with Gasteiger partial charge in [0, 0.05) is 11.8 Å². The van der Waals surface area contributed by atoms with Gasteiger partial charge in [0.15, 0.2) is 0 Å². The molecule has 0 saturated heterocycles. The fourth-order valence-electron chi connectivity index (χ4n) is 5.03. The lowest BCUT2D eigenvalue weighted by Crippen LogP contribution is -2.31. The number of aliphatic hydroxyl groups is 1. The first kappa shape index (κ1) is 23.6. The van der Waals surface area contributed by atoms with E-state index < -0.39 is 18.2 Å². The van der Waals surface area contributed by atoms with Gasteiger partial charge in [0.2, 0.25) is 0 Å². The van der Waals surface area contributed by atoms with Gasteiger partial charge in [0.05, 0.1) is 38.6 Å². The second-order valence-electron chi connectivity index (χ2n) is 9.39. The number of carboxylic acid groups (broad SMARTS) is 1. The molecule has 2 aromatic heterocycles. The van der Waals surface area contributed by atoms with Crippen LogP contribution in [0.15, 0.2) is 30.6 Å². The summed E-state index contributed by atoms with van der Waals surface area (Å²) in [6.45, 7) is 0.238. The Labute approximate surface area is 203 Å². The van der Waals surface area contributed by atoms with Crippen molar-refractivity contribution in [2.24, 2.45) is 0 Å². The molecule has 9 nitrogen and oxygen atoms in total. The topological polar surface area (TPSA) is 116 Å². The number of nitrogens with zero attached hydrogens (tertiary/aromatic N) is 3. The molecule has 3 aromatic rings. The summed E-state index contributed by atoms with van der Waals surface area (Å²) in [4.78, 5) is 15.9. The van der Waals surface area contributed by atoms with E-state index in [-0.39, 0.29) is 18.2 Å². The number of fused-ring (bicyclic) bond motifs is 1. The minimum atomic E-state index is -1.06. The van der Waals surface area contributed by atoms with Crippen molar-refractivity contribution in [2.45, 2.75) is 69.3 Å². The fraction of sp³-hybridized carbons (Fsp3) is 0.500. The maximum Gasteiger partial charge on any atom is 0.338 e. The van der Waals surface area contributed by atoms with Gasteiger partial charge in [-0.05, 0) is 55.4 Å². The third kappa shape index (κ3) is 4.83. The van der Waals surface area contributed by atoms with Crippen molar-refractivity contribution in [3.8, 4) is 11.5 Å². The Morgan fingerprint density at radius 2 is 1.83 bits per heavy atom. The number of ether oxygens (including phenoxy) is 3. The van der Waals surface area contributed by atoms with E-state index in [1.54, 1.807) is 25.1 Å². The van der Waals surface area contributed by atoms with Crippen LogP contribution in [0.3, 0.4) is 0 Å². The number of hydrogen-bond donors (Lipinski definition) is 2. The maximum absolute atomic E-state index is 11.6. The molecule has 186 valence electrons. The molecule has 5 rings (SSSR count). The number of carbonyl (C=O) groups is 1. The molecule has 2 aliphatic carbocycles. The Kier molecular flexibility index (Phi) is 6.62. The monoisotopic (exact) mass is 481 g/mol. The summed E-state index contributed by atoms with van der Waals surface area (Å²) in [6, 6.07) is 5.17. The first-order valence-corrected chi connectivity index (χ1v) is 12.1. The van der Waals surface area contributed by atoms with Crippen molar-refractivity contribution in [3.05, 3.63) is 47.3 Å². The zero-order valence-corrected chi connectivity index (χ0v) is 20.0. The van der Waals surface area contributed by atoms with E-state index in [2.05, 4.69) is 10.1 Å². The third-order valence-electron chi connectivity index (χ3n) is 6.96. The molecular weight excluding hydrogens is 450 g/mol. The molecule has 2 unspecified atom stereocenters. The Morgan fingerprint density at radius 1 is 1.14 bits per heavy atom. The minimum absolute atomic E-state index is 0.0573. The fourth-order valence-corrected chi connectivity index (χ4v) is 5.03. The maximum atomic E-state index is 11.6. The predicted octanol–water partition coefficient (Wildman–Crippen LogP) is 4.09. The van der Waals surface area contributed by atoms with Gasteiger partial charge in [0.1, 0.15) is 34.7 Å². The number of carboxylic acids is 1. The molecule has 2 fully saturated rings. The van der Waals surface area contributed by atoms with Gasteiger partial charge in [-0.2, -0.15) is 5.10 Å². The molecule has 2 aliphatic rings. The normalized spacial score (nSPS) is 18.0. The Hall–Kier alpha value is -3.17. The van der Waals surface area contributed by atoms with Gasteiger partial charge in [-0.15, -0.1) is 0 Å². The van der Waals surface area contributed by atoms with Crippen LogP contribution in [-0.2, 0) is 11.3 Å². The summed E-state index contributed by atoms with van der Waals surface area (Å²) in [5.74, 6) is 0.779. The highest BCUT2D eigenvalue weighted by Crippen LogP contribution is 2.49. The quantitative estimate of drug-likeness (QED) is 0.445. The van der Waals surface area contributed by atoms with Gasteiger partial charge in [0.25, 0.3) is 0 Å². The lowest BCUT2D eigenvalue weighted by Gasteiger charge is -2.28. The molecule has 35 heavy (non-hydrogen) atoms. The minimum Gasteiger partial charge on any atom is -0.496 e. The van der Waals surface area contributed by atoms with Crippen molar-refractivity contribution in [3.63, 3.8) is 0 Å². The van der Waals surface area contributed by atoms with Crippen LogP contribution in [0.4, 0.5) is 0 Å². The van der Waals surface area contributed by atoms with E-state index in [9.17, 15) is 15.0 Å². The Balaban J connectivity index is 1.48. The first-order chi connectivity index (χ1) is 17.0. The zero-order valence-electron chi connectivity index (χ0n) is 20.0. The molecule has 2 atom stereocenters. The Bertz CT molecular complexity index is 1190. The average Bonchev–Trinajstić information content (AvgIpc) is 3.40. The molecule has 2 saturated carbocycles. The number of rotatable bonds is 10. The largest absolute Gasteiger partial charge is 0.496 e. The summed E-state index contributed by atoms with van der Waals surface area (Å²) in [6.07, 6.45) is 7.92. The smallest absolute Gasteiger partial charge is 0.338 e. The molecule has 9 heteroatoms. The van der Waals surface area contributed by atoms with Crippen LogP contribution in [0.2, 0.25) is 0 Å². The summed E-state index contributed by atoms with van der Waals surface area (Å²) >= 11 is 0. The molecule has 1 aromatic carbocycles. The van der Waals surface area contributed by atoms with Crippen molar-refractivity contribution in [1.29, 1.82) is 0 Å². The Morgan fingerprint density at radius 3 is 2.43 bits per heavy atom. The first-order valence-electron chi connectivity index (χ1n) is 12.1. The number of aromatic carboxylic acids is 1. The standard InChI is InChI=1S/C26H31N3O6/c1-33-20-11-16(12-21(34-2)23(20)15-7-8-15)25(30)22(35-17-5-3-4-6-17)14-29-13-19-24(28-29)18(26(31)32)9-10-27-19/h9-13,15,17,22,25,30H,3-8,14H2,1-2H3,(H,31,32). The van der Waals surface area contributed by atoms with Crippen LogP contribution in [-0.4, -0.2) is 57.4 Å². The van der Waals surface area contributed by atoms with E-state index >= 15 is 0 Å². The van der Waals surface area contributed by atoms with E-state index in [4.69, 9.17) is 14.2 Å². The van der Waals surface area contributed by atoms with Crippen molar-refractivity contribution in [1.82, 2.24) is 14.8 Å². The number of aromatic nitrogens is 3. The molecule has 0 amide bonds. The van der Waals surface area contributed by atoms with Crippen molar-refractivity contribution < 1.29 is 29.2 Å². The number of aliphatic hydroxyl groups excluding tert-OH is 1. The van der Waals surface area contributed by atoms with Gasteiger partial charge in [-0.3, -0.25) is 9.67 Å². The molecule has 0 aliphatic heterocycles. The van der Waals surface area contributed by atoms with Crippen LogP contribution in [0.5, 0.6) is 11.5 Å². The van der Waals surface area contributed by atoms with Gasteiger partial charge < -0.3 is 24.4 Å². The molecule has 0 spiro atoms. The third-order valence-corrected chi connectivity index (χ3v) is 6.96. The van der Waals surface area contributed by atoms with E-state index in [1.165, 1.54) is 12.3 Å². The van der Waals surface area contributed by atoms with Crippen molar-refractivity contribution in [2.75, 3.05) is 14.2 Å². The van der Waals surface area contributed by atoms with Crippen molar-refractivity contribution >= 4 is 17.0 Å². The highest BCUT2D eigenvalue weighted by molar-refractivity contribution is 6.00. The number of hydrogen-bond acceptors (Lipinski definition) is 7. The molecule has 2 N–H and O–H groups in total. The highest BCUT2D eigenvalue weighted by atomic mass is 16.5. The number of methoxy groups -OCH3 is 2. The zero-order chi connectivity index (χ0) is 24.5. The van der Waals surface area contributed by atoms with E-state index in [0.717, 1.165) is 44.1 Å². The molecular formula is C26H31N3O6. The van der Waals surface area contributed by atoms with Gasteiger partial charge in [-0.25, -0.2) is 4.79 Å². The SMILES string of the molecule is COc1cc(C(O)C(Cn2cc3nccc(C(=O)O)c3n2)OC2CCCC2)cc(OC)c1C1CC1. The second kappa shape index (κ2) is 9.83. The number of pyridine rings is 1. The van der Waals surface area contributed by atoms with Crippen LogP contribution in [0, 0.1) is 0 Å². The molecule has 0 bridgehead atoms. The second-order valence-corrected chi connectivity index (χ2v) is 9.39. The number of benzene rings is 1. The lowest BCUT2D eigenvalue weighted by atomic mass is 9.98. The summed E-state index contributed by atoms with van der Waals surface area (Å²) < 4.78 is 19.4. The molecule has 2 heterocycles. The summed E-state index contributed by atoms with van der Waals surface area (Å²) in [5.41, 5.74) is 2.58. The van der Waals surface area contributed by atoms with Crippen LogP contribution < -0.4 is 9.47 Å². The van der Waals surface area contributed by atoms with E-state index in [0.29, 0.717) is 34.0 Å². The molecule has 0 radical (unpaired) electrons. The summed E-state index contributed by atoms with van der Waals surface area (Å²) in [7, 11) is 3.26. The lowest BCUT2D eigenvalue weighted by molar-refractivity contribution is -0.0845. The predicted molar refractivity (Wildman–Crippen MR) is 128 cm³/mol.